The fourth-order valence-electron chi connectivity index (χ4n) is 4.64. The van der Waals surface area contributed by atoms with Gasteiger partial charge in [0, 0.05) is 32.1 Å². The Morgan fingerprint density at radius 2 is 1.52 bits per heavy atom. The third-order valence-electron chi connectivity index (χ3n) is 6.48. The molecule has 3 saturated heterocycles. The van der Waals surface area contributed by atoms with Crippen LogP contribution in [0.1, 0.15) is 44.9 Å². The monoisotopic (exact) mass is 400 g/mol. The fourth-order valence-corrected chi connectivity index (χ4v) is 4.64. The summed E-state index contributed by atoms with van der Waals surface area (Å²) in [4.78, 5) is 31.5. The minimum Gasteiger partial charge on any atom is -0.342 e. The van der Waals surface area contributed by atoms with Crippen LogP contribution < -0.4 is 5.32 Å². The topological polar surface area (TPSA) is 55.9 Å². The van der Waals surface area contributed by atoms with Gasteiger partial charge in [0.25, 0.3) is 0 Å². The molecule has 0 saturated carbocycles. The smallest absolute Gasteiger partial charge is 0.236 e. The van der Waals surface area contributed by atoms with E-state index >= 15 is 0 Å². The molecule has 6 nitrogen and oxygen atoms in total. The number of amides is 2. The second-order valence-corrected chi connectivity index (χ2v) is 8.30. The van der Waals surface area contributed by atoms with Crippen molar-refractivity contribution in [2.24, 2.45) is 11.8 Å². The van der Waals surface area contributed by atoms with Crippen molar-refractivity contribution in [3.63, 3.8) is 0 Å². The molecule has 0 aliphatic carbocycles. The molecule has 3 heterocycles. The van der Waals surface area contributed by atoms with E-state index in [1.54, 1.807) is 0 Å². The second-order valence-electron chi connectivity index (χ2n) is 8.30. The zero-order valence-electron chi connectivity index (χ0n) is 16.8. The van der Waals surface area contributed by atoms with E-state index in [1.807, 2.05) is 16.8 Å². The van der Waals surface area contributed by atoms with Gasteiger partial charge in [0.1, 0.15) is 0 Å². The number of likely N-dealkylation sites (tertiary alicyclic amines) is 3. The Hall–Kier alpha value is -0.850. The average Bonchev–Trinajstić information content (AvgIpc) is 3.22. The van der Waals surface area contributed by atoms with E-state index < -0.39 is 0 Å². The maximum atomic E-state index is 12.6. The van der Waals surface area contributed by atoms with Crippen LogP contribution in [0.5, 0.6) is 0 Å². The van der Waals surface area contributed by atoms with E-state index in [0.29, 0.717) is 12.5 Å². The van der Waals surface area contributed by atoms with Gasteiger partial charge in [0.2, 0.25) is 11.8 Å². The van der Waals surface area contributed by atoms with Gasteiger partial charge in [-0.25, -0.2) is 0 Å². The molecule has 7 heteroatoms. The molecule has 0 aromatic heterocycles. The summed E-state index contributed by atoms with van der Waals surface area (Å²) in [5.41, 5.74) is 0. The summed E-state index contributed by atoms with van der Waals surface area (Å²) in [6.45, 7) is 7.11. The molecule has 2 amide bonds. The predicted octanol–water partition coefficient (Wildman–Crippen LogP) is 1.59. The normalized spacial score (nSPS) is 22.7. The van der Waals surface area contributed by atoms with Crippen molar-refractivity contribution in [2.75, 3.05) is 59.4 Å². The highest BCUT2D eigenvalue weighted by atomic mass is 35.5. The first-order chi connectivity index (χ1) is 12.7. The van der Waals surface area contributed by atoms with Crippen molar-refractivity contribution in [1.29, 1.82) is 0 Å². The fraction of sp³-hybridized carbons (Fsp3) is 0.900. The van der Waals surface area contributed by atoms with E-state index in [4.69, 9.17) is 0 Å². The molecule has 3 aliphatic rings. The summed E-state index contributed by atoms with van der Waals surface area (Å²) < 4.78 is 0. The Bertz CT molecular complexity index is 469. The number of carbonyl (C=O) groups excluding carboxylic acids is 2. The van der Waals surface area contributed by atoms with Crippen molar-refractivity contribution >= 4 is 24.2 Å². The minimum absolute atomic E-state index is 0. The van der Waals surface area contributed by atoms with Crippen molar-refractivity contribution in [3.05, 3.63) is 0 Å². The minimum atomic E-state index is 0. The summed E-state index contributed by atoms with van der Waals surface area (Å²) in [6.07, 6.45) is 7.64. The standard InChI is InChI=1S/C20H36N4O2.ClH/c1-21-9-4-17-5-12-22(13-6-17)16-19(25)23-14-7-18(8-15-23)20(26)24-10-2-3-11-24;/h17-18,21H,2-16H2,1H3;1H. The van der Waals surface area contributed by atoms with Crippen molar-refractivity contribution in [1.82, 2.24) is 20.0 Å². The van der Waals surface area contributed by atoms with Crippen LogP contribution in [0.15, 0.2) is 0 Å². The molecule has 0 radical (unpaired) electrons. The summed E-state index contributed by atoms with van der Waals surface area (Å²) >= 11 is 0. The van der Waals surface area contributed by atoms with Crippen LogP contribution in [0.3, 0.4) is 0 Å². The van der Waals surface area contributed by atoms with E-state index in [1.165, 1.54) is 19.3 Å². The highest BCUT2D eigenvalue weighted by Crippen LogP contribution is 2.23. The summed E-state index contributed by atoms with van der Waals surface area (Å²) in [5.74, 6) is 1.53. The van der Waals surface area contributed by atoms with Gasteiger partial charge in [-0.05, 0) is 77.5 Å². The van der Waals surface area contributed by atoms with Gasteiger partial charge in [0.05, 0.1) is 6.54 Å². The van der Waals surface area contributed by atoms with E-state index in [-0.39, 0.29) is 24.2 Å². The quantitative estimate of drug-likeness (QED) is 0.735. The number of halogens is 1. The van der Waals surface area contributed by atoms with Gasteiger partial charge in [-0.1, -0.05) is 0 Å². The molecule has 0 atom stereocenters. The zero-order chi connectivity index (χ0) is 18.4. The number of rotatable bonds is 6. The average molecular weight is 401 g/mol. The van der Waals surface area contributed by atoms with Crippen LogP contribution in [0.25, 0.3) is 0 Å². The molecule has 156 valence electrons. The number of nitrogens with zero attached hydrogens (tertiary/aromatic N) is 3. The number of nitrogens with one attached hydrogen (secondary N) is 1. The Balaban J connectivity index is 0.00000261. The number of hydrogen-bond donors (Lipinski definition) is 1. The molecule has 0 unspecified atom stereocenters. The van der Waals surface area contributed by atoms with E-state index in [0.717, 1.165) is 77.4 Å². The van der Waals surface area contributed by atoms with Crippen molar-refractivity contribution in [2.45, 2.75) is 44.9 Å². The summed E-state index contributed by atoms with van der Waals surface area (Å²) in [6, 6.07) is 0. The maximum absolute atomic E-state index is 12.6. The van der Waals surface area contributed by atoms with Gasteiger partial charge < -0.3 is 15.1 Å². The van der Waals surface area contributed by atoms with Gasteiger partial charge in [-0.2, -0.15) is 0 Å². The van der Waals surface area contributed by atoms with E-state index in [9.17, 15) is 9.59 Å². The molecule has 3 fully saturated rings. The largest absolute Gasteiger partial charge is 0.342 e. The highest BCUT2D eigenvalue weighted by molar-refractivity contribution is 5.85. The van der Waals surface area contributed by atoms with Gasteiger partial charge >= 0.3 is 0 Å². The molecule has 0 aromatic carbocycles. The maximum Gasteiger partial charge on any atom is 0.236 e. The van der Waals surface area contributed by atoms with Crippen molar-refractivity contribution < 1.29 is 9.59 Å². The Morgan fingerprint density at radius 3 is 2.11 bits per heavy atom. The van der Waals surface area contributed by atoms with Crippen LogP contribution in [0.4, 0.5) is 0 Å². The lowest BCUT2D eigenvalue weighted by Crippen LogP contribution is -2.48. The first-order valence-electron chi connectivity index (χ1n) is 10.6. The molecule has 0 aromatic rings. The third-order valence-corrected chi connectivity index (χ3v) is 6.48. The van der Waals surface area contributed by atoms with Crippen molar-refractivity contribution in [3.8, 4) is 0 Å². The van der Waals surface area contributed by atoms with Crippen LogP contribution in [-0.4, -0.2) is 85.9 Å². The van der Waals surface area contributed by atoms with Gasteiger partial charge in [-0.3, -0.25) is 14.5 Å². The van der Waals surface area contributed by atoms with Gasteiger partial charge in [-0.15, -0.1) is 12.4 Å². The molecule has 0 spiro atoms. The van der Waals surface area contributed by atoms with Crippen LogP contribution in [-0.2, 0) is 9.59 Å². The van der Waals surface area contributed by atoms with E-state index in [2.05, 4.69) is 10.2 Å². The molecule has 3 aliphatic heterocycles. The lowest BCUT2D eigenvalue weighted by Gasteiger charge is -2.36. The van der Waals surface area contributed by atoms with Crippen LogP contribution in [0.2, 0.25) is 0 Å². The zero-order valence-corrected chi connectivity index (χ0v) is 17.6. The number of hydrogen-bond acceptors (Lipinski definition) is 4. The number of carbonyl (C=O) groups is 2. The summed E-state index contributed by atoms with van der Waals surface area (Å²) in [7, 11) is 2.01. The highest BCUT2D eigenvalue weighted by Gasteiger charge is 2.31. The van der Waals surface area contributed by atoms with Gasteiger partial charge in [0.15, 0.2) is 0 Å². The molecule has 3 rings (SSSR count). The molecular weight excluding hydrogens is 364 g/mol. The SMILES string of the molecule is CNCCC1CCN(CC(=O)N2CCC(C(=O)N3CCCC3)CC2)CC1.Cl. The van der Waals surface area contributed by atoms with Crippen LogP contribution in [0, 0.1) is 11.8 Å². The lowest BCUT2D eigenvalue weighted by atomic mass is 9.93. The first-order valence-corrected chi connectivity index (χ1v) is 10.6. The lowest BCUT2D eigenvalue weighted by molar-refractivity contribution is -0.140. The Kier molecular flexibility index (Phi) is 9.33. The van der Waals surface area contributed by atoms with Crippen LogP contribution >= 0.6 is 12.4 Å². The Labute approximate surface area is 170 Å². The molecule has 27 heavy (non-hydrogen) atoms. The Morgan fingerprint density at radius 1 is 0.889 bits per heavy atom. The summed E-state index contributed by atoms with van der Waals surface area (Å²) in [5, 5.41) is 3.23. The predicted molar refractivity (Wildman–Crippen MR) is 110 cm³/mol. The third kappa shape index (κ3) is 6.33. The first kappa shape index (κ1) is 22.4. The number of piperidine rings is 2. The molecule has 1 N–H and O–H groups in total. The molecular formula is C20H37ClN4O2. The second kappa shape index (κ2) is 11.2. The molecule has 0 bridgehead atoms.